The maximum Gasteiger partial charge on any atom is 0.163 e. The highest BCUT2D eigenvalue weighted by molar-refractivity contribution is 5.96. The summed E-state index contributed by atoms with van der Waals surface area (Å²) in [6.07, 6.45) is 2.52. The Kier molecular flexibility index (Phi) is 3.85. The van der Waals surface area contributed by atoms with Crippen molar-refractivity contribution in [2.75, 3.05) is 0 Å². The number of hydrogen-bond acceptors (Lipinski definition) is 3. The summed E-state index contributed by atoms with van der Waals surface area (Å²) in [6, 6.07) is 4.94. The first kappa shape index (κ1) is 13.1. The number of pyridine rings is 1. The highest BCUT2D eigenvalue weighted by Crippen LogP contribution is 2.21. The third kappa shape index (κ3) is 3.34. The van der Waals surface area contributed by atoms with Crippen molar-refractivity contribution in [1.82, 2.24) is 4.98 Å². The van der Waals surface area contributed by atoms with E-state index in [-0.39, 0.29) is 23.7 Å². The smallest absolute Gasteiger partial charge is 0.163 e. The molecule has 2 rings (SSSR count). The van der Waals surface area contributed by atoms with Crippen LogP contribution in [0.2, 0.25) is 0 Å². The summed E-state index contributed by atoms with van der Waals surface area (Å²) in [5.74, 6) is -1.08. The molecule has 0 amide bonds. The lowest BCUT2D eigenvalue weighted by atomic mass is 10.1. The average Bonchev–Trinajstić information content (AvgIpc) is 2.36. The highest BCUT2D eigenvalue weighted by Gasteiger charge is 2.10. The van der Waals surface area contributed by atoms with Gasteiger partial charge >= 0.3 is 0 Å². The first-order valence-corrected chi connectivity index (χ1v) is 5.59. The maximum atomic E-state index is 13.1. The second kappa shape index (κ2) is 5.56. The second-order valence-corrected chi connectivity index (χ2v) is 4.00. The summed E-state index contributed by atoms with van der Waals surface area (Å²) in [6.45, 7) is 1.37. The Morgan fingerprint density at radius 3 is 2.68 bits per heavy atom. The van der Waals surface area contributed by atoms with E-state index < -0.39 is 11.6 Å². The molecule has 0 saturated heterocycles. The zero-order chi connectivity index (χ0) is 13.8. The van der Waals surface area contributed by atoms with E-state index in [0.29, 0.717) is 5.56 Å². The third-order valence-corrected chi connectivity index (χ3v) is 2.48. The molecule has 1 aromatic carbocycles. The number of carbonyl (C=O) groups is 1. The quantitative estimate of drug-likeness (QED) is 0.795. The van der Waals surface area contributed by atoms with Crippen molar-refractivity contribution in [2.24, 2.45) is 0 Å². The molecule has 0 N–H and O–H groups in total. The topological polar surface area (TPSA) is 39.2 Å². The molecule has 5 heteroatoms. The van der Waals surface area contributed by atoms with Crippen LogP contribution >= 0.6 is 0 Å². The number of ketones is 1. The van der Waals surface area contributed by atoms with Gasteiger partial charge in [0.05, 0.1) is 11.8 Å². The standard InChI is InChI=1S/C14H11F2NO2/c1-9(18)13-3-2-11(15)5-14(13)19-8-10-4-12(16)7-17-6-10/h2-7H,8H2,1H3. The summed E-state index contributed by atoms with van der Waals surface area (Å²) in [5.41, 5.74) is 0.782. The van der Waals surface area contributed by atoms with Gasteiger partial charge in [0, 0.05) is 17.8 Å². The van der Waals surface area contributed by atoms with E-state index >= 15 is 0 Å². The number of rotatable bonds is 4. The van der Waals surface area contributed by atoms with Gasteiger partial charge in [-0.2, -0.15) is 0 Å². The fourth-order valence-corrected chi connectivity index (χ4v) is 1.60. The number of benzene rings is 1. The Bertz CT molecular complexity index is 614. The van der Waals surface area contributed by atoms with Gasteiger partial charge in [0.15, 0.2) is 5.78 Å². The van der Waals surface area contributed by atoms with Crippen molar-refractivity contribution < 1.29 is 18.3 Å². The molecular formula is C14H11F2NO2. The van der Waals surface area contributed by atoms with Crippen LogP contribution in [0, 0.1) is 11.6 Å². The molecule has 3 nitrogen and oxygen atoms in total. The molecule has 2 aromatic rings. The molecule has 0 unspecified atom stereocenters. The van der Waals surface area contributed by atoms with Gasteiger partial charge < -0.3 is 4.74 Å². The van der Waals surface area contributed by atoms with Crippen LogP contribution in [-0.2, 0) is 6.61 Å². The minimum atomic E-state index is -0.502. The minimum Gasteiger partial charge on any atom is -0.488 e. The van der Waals surface area contributed by atoms with E-state index in [2.05, 4.69) is 4.98 Å². The zero-order valence-electron chi connectivity index (χ0n) is 10.2. The van der Waals surface area contributed by atoms with E-state index in [9.17, 15) is 13.6 Å². The van der Waals surface area contributed by atoms with Crippen molar-refractivity contribution in [3.05, 3.63) is 59.4 Å². The number of aromatic nitrogens is 1. The molecule has 0 aliphatic rings. The predicted molar refractivity (Wildman–Crippen MR) is 64.9 cm³/mol. The van der Waals surface area contributed by atoms with Crippen molar-refractivity contribution in [2.45, 2.75) is 13.5 Å². The molecule has 0 radical (unpaired) electrons. The molecule has 1 aromatic heterocycles. The fraction of sp³-hybridized carbons (Fsp3) is 0.143. The Labute approximate surface area is 108 Å². The van der Waals surface area contributed by atoms with Crippen molar-refractivity contribution in [1.29, 1.82) is 0 Å². The molecule has 19 heavy (non-hydrogen) atoms. The lowest BCUT2D eigenvalue weighted by Gasteiger charge is -2.09. The van der Waals surface area contributed by atoms with Gasteiger partial charge in [-0.05, 0) is 25.1 Å². The zero-order valence-corrected chi connectivity index (χ0v) is 10.2. The van der Waals surface area contributed by atoms with Crippen LogP contribution < -0.4 is 4.74 Å². The SMILES string of the molecule is CC(=O)c1ccc(F)cc1OCc1cncc(F)c1. The Morgan fingerprint density at radius 1 is 1.21 bits per heavy atom. The average molecular weight is 263 g/mol. The van der Waals surface area contributed by atoms with Gasteiger partial charge in [-0.25, -0.2) is 8.78 Å². The van der Waals surface area contributed by atoms with Gasteiger partial charge in [-0.3, -0.25) is 9.78 Å². The van der Waals surface area contributed by atoms with Crippen molar-refractivity contribution in [3.8, 4) is 5.75 Å². The fourth-order valence-electron chi connectivity index (χ4n) is 1.60. The lowest BCUT2D eigenvalue weighted by molar-refractivity contribution is 0.101. The number of Topliss-reactive ketones (excluding diaryl/α,β-unsaturated/α-hetero) is 1. The molecule has 0 bridgehead atoms. The molecule has 0 saturated carbocycles. The van der Waals surface area contributed by atoms with E-state index in [4.69, 9.17) is 4.74 Å². The van der Waals surface area contributed by atoms with Crippen LogP contribution in [0.25, 0.3) is 0 Å². The molecule has 1 heterocycles. The van der Waals surface area contributed by atoms with Crippen molar-refractivity contribution >= 4 is 5.78 Å². The highest BCUT2D eigenvalue weighted by atomic mass is 19.1. The summed E-state index contributed by atoms with van der Waals surface area (Å²) in [7, 11) is 0. The summed E-state index contributed by atoms with van der Waals surface area (Å²) in [5, 5.41) is 0. The van der Waals surface area contributed by atoms with Gasteiger partial charge in [-0.1, -0.05) is 0 Å². The molecule has 0 aliphatic carbocycles. The number of ether oxygens (including phenoxy) is 1. The number of halogens is 2. The third-order valence-electron chi connectivity index (χ3n) is 2.48. The van der Waals surface area contributed by atoms with Gasteiger partial charge in [0.2, 0.25) is 0 Å². The molecular weight excluding hydrogens is 252 g/mol. The van der Waals surface area contributed by atoms with E-state index in [0.717, 1.165) is 12.3 Å². The first-order chi connectivity index (χ1) is 9.06. The minimum absolute atomic E-state index is 0.00843. The Balaban J connectivity index is 2.19. The molecule has 0 atom stereocenters. The monoisotopic (exact) mass is 263 g/mol. The van der Waals surface area contributed by atoms with Crippen LogP contribution in [-0.4, -0.2) is 10.8 Å². The largest absolute Gasteiger partial charge is 0.488 e. The van der Waals surface area contributed by atoms with Gasteiger partial charge in [0.25, 0.3) is 0 Å². The van der Waals surface area contributed by atoms with Crippen LogP contribution in [0.5, 0.6) is 5.75 Å². The van der Waals surface area contributed by atoms with Crippen molar-refractivity contribution in [3.63, 3.8) is 0 Å². The normalized spacial score (nSPS) is 10.3. The number of carbonyl (C=O) groups excluding carboxylic acids is 1. The van der Waals surface area contributed by atoms with Crippen LogP contribution in [0.15, 0.2) is 36.7 Å². The number of nitrogens with zero attached hydrogens (tertiary/aromatic N) is 1. The number of hydrogen-bond donors (Lipinski definition) is 0. The van der Waals surface area contributed by atoms with Crippen LogP contribution in [0.1, 0.15) is 22.8 Å². The molecule has 0 spiro atoms. The predicted octanol–water partition coefficient (Wildman–Crippen LogP) is 3.14. The first-order valence-electron chi connectivity index (χ1n) is 5.59. The van der Waals surface area contributed by atoms with E-state index in [1.807, 2.05) is 0 Å². The molecule has 98 valence electrons. The lowest BCUT2D eigenvalue weighted by Crippen LogP contribution is -2.02. The molecule has 0 aliphatic heterocycles. The van der Waals surface area contributed by atoms with Gasteiger partial charge in [0.1, 0.15) is 24.0 Å². The summed E-state index contributed by atoms with van der Waals surface area (Å²) < 4.78 is 31.4. The maximum absolute atomic E-state index is 13.1. The summed E-state index contributed by atoms with van der Waals surface area (Å²) >= 11 is 0. The van der Waals surface area contributed by atoms with E-state index in [1.165, 1.54) is 31.3 Å². The second-order valence-electron chi connectivity index (χ2n) is 4.00. The Hall–Kier alpha value is -2.30. The molecule has 0 fully saturated rings. The van der Waals surface area contributed by atoms with E-state index in [1.54, 1.807) is 0 Å². The van der Waals surface area contributed by atoms with Crippen LogP contribution in [0.3, 0.4) is 0 Å². The van der Waals surface area contributed by atoms with Crippen LogP contribution in [0.4, 0.5) is 8.78 Å². The van der Waals surface area contributed by atoms with Gasteiger partial charge in [-0.15, -0.1) is 0 Å². The Morgan fingerprint density at radius 2 is 2.00 bits per heavy atom. The summed E-state index contributed by atoms with van der Waals surface area (Å²) in [4.78, 5) is 15.0.